The molecule has 0 amide bonds. The maximum Gasteiger partial charge on any atom is 0.309 e. The van der Waals surface area contributed by atoms with Crippen LogP contribution in [0.3, 0.4) is 0 Å². The Morgan fingerprint density at radius 1 is 1.31 bits per heavy atom. The monoisotopic (exact) mass is 382 g/mol. The van der Waals surface area contributed by atoms with Gasteiger partial charge in [-0.05, 0) is 19.8 Å². The summed E-state index contributed by atoms with van der Waals surface area (Å²) in [7, 11) is 0. The average molecular weight is 382 g/mol. The number of aliphatic carboxylic acids is 1. The van der Waals surface area contributed by atoms with Crippen molar-refractivity contribution < 1.29 is 20.1 Å². The Morgan fingerprint density at radius 3 is 2.69 bits per heavy atom. The van der Waals surface area contributed by atoms with E-state index in [1.807, 2.05) is 6.92 Å². The third-order valence-corrected chi connectivity index (χ3v) is 5.42. The smallest absolute Gasteiger partial charge is 0.309 e. The van der Waals surface area contributed by atoms with E-state index in [0.717, 1.165) is 12.2 Å². The van der Waals surface area contributed by atoms with Gasteiger partial charge in [0.2, 0.25) is 0 Å². The SMILES string of the molecule is CCCSc1nc(NCC)c2nnn([C@@H]3C[C@H](C(=O)O)[C@@H](O)[C@H]3O)c2n1. The second-order valence-electron chi connectivity index (χ2n) is 6.17. The quantitative estimate of drug-likeness (QED) is 0.395. The molecule has 0 aromatic carbocycles. The molecule has 0 radical (unpaired) electrons. The van der Waals surface area contributed by atoms with Crippen LogP contribution < -0.4 is 5.32 Å². The molecule has 0 spiro atoms. The molecule has 4 atom stereocenters. The number of aliphatic hydroxyl groups is 2. The number of aromatic nitrogens is 5. The maximum atomic E-state index is 11.3. The summed E-state index contributed by atoms with van der Waals surface area (Å²) in [5.74, 6) is -0.807. The molecule has 4 N–H and O–H groups in total. The molecule has 142 valence electrons. The molecule has 2 heterocycles. The van der Waals surface area contributed by atoms with Crippen molar-refractivity contribution in [2.45, 2.75) is 50.1 Å². The van der Waals surface area contributed by atoms with E-state index in [0.29, 0.717) is 28.7 Å². The number of hydrogen-bond acceptors (Lipinski definition) is 9. The van der Waals surface area contributed by atoms with Crippen LogP contribution in [0.1, 0.15) is 32.7 Å². The van der Waals surface area contributed by atoms with Crippen molar-refractivity contribution >= 4 is 34.7 Å². The molecule has 0 saturated heterocycles. The minimum absolute atomic E-state index is 0.0497. The third-order valence-electron chi connectivity index (χ3n) is 4.37. The number of nitrogens with zero attached hydrogens (tertiary/aromatic N) is 5. The van der Waals surface area contributed by atoms with E-state index >= 15 is 0 Å². The van der Waals surface area contributed by atoms with E-state index in [-0.39, 0.29) is 6.42 Å². The van der Waals surface area contributed by atoms with Gasteiger partial charge in [0, 0.05) is 12.3 Å². The van der Waals surface area contributed by atoms with Gasteiger partial charge < -0.3 is 20.6 Å². The Labute approximate surface area is 154 Å². The first kappa shape index (κ1) is 18.8. The number of carboxylic acids is 1. The summed E-state index contributed by atoms with van der Waals surface area (Å²) in [6, 6.07) is -0.718. The summed E-state index contributed by atoms with van der Waals surface area (Å²) in [6.45, 7) is 4.64. The standard InChI is InChI=1S/C15H22N6O4S/c1-3-5-26-15-17-12(16-4-2)9-13(18-15)21(20-19-9)8-6-7(14(24)25)10(22)11(8)23/h7-8,10-11,22-23H,3-6H2,1-2H3,(H,24,25)(H,16,17,18)/t7-,8+,10+,11-/m0/s1. The zero-order valence-corrected chi connectivity index (χ0v) is 15.3. The van der Waals surface area contributed by atoms with Crippen molar-refractivity contribution in [3.63, 3.8) is 0 Å². The number of rotatable bonds is 7. The van der Waals surface area contributed by atoms with Gasteiger partial charge in [-0.3, -0.25) is 4.79 Å². The zero-order valence-electron chi connectivity index (χ0n) is 14.5. The fourth-order valence-electron chi connectivity index (χ4n) is 3.08. The number of nitrogens with one attached hydrogen (secondary N) is 1. The molecule has 26 heavy (non-hydrogen) atoms. The number of aliphatic hydroxyl groups excluding tert-OH is 2. The molecule has 1 fully saturated rings. The molecular weight excluding hydrogens is 360 g/mol. The zero-order chi connectivity index (χ0) is 18.8. The highest BCUT2D eigenvalue weighted by Gasteiger charge is 2.47. The first-order chi connectivity index (χ1) is 12.5. The molecule has 0 aliphatic heterocycles. The van der Waals surface area contributed by atoms with Gasteiger partial charge in [0.1, 0.15) is 6.10 Å². The molecule has 1 aliphatic carbocycles. The lowest BCUT2D eigenvalue weighted by atomic mass is 10.1. The van der Waals surface area contributed by atoms with Crippen molar-refractivity contribution in [1.29, 1.82) is 0 Å². The van der Waals surface area contributed by atoms with Gasteiger partial charge in [-0.2, -0.15) is 0 Å². The van der Waals surface area contributed by atoms with Crippen LogP contribution >= 0.6 is 11.8 Å². The lowest BCUT2D eigenvalue weighted by Crippen LogP contribution is -2.32. The van der Waals surface area contributed by atoms with Gasteiger partial charge in [-0.25, -0.2) is 14.6 Å². The number of fused-ring (bicyclic) bond motifs is 1. The Balaban J connectivity index is 2.03. The normalized spacial score (nSPS) is 25.7. The van der Waals surface area contributed by atoms with Gasteiger partial charge in [-0.1, -0.05) is 23.9 Å². The van der Waals surface area contributed by atoms with Crippen LogP contribution in [-0.4, -0.2) is 70.8 Å². The van der Waals surface area contributed by atoms with Crippen molar-refractivity contribution in [1.82, 2.24) is 25.0 Å². The summed E-state index contributed by atoms with van der Waals surface area (Å²) in [5.41, 5.74) is 0.866. The van der Waals surface area contributed by atoms with E-state index in [2.05, 4.69) is 32.5 Å². The molecule has 10 nitrogen and oxygen atoms in total. The highest BCUT2D eigenvalue weighted by molar-refractivity contribution is 7.99. The van der Waals surface area contributed by atoms with Crippen LogP contribution in [0.15, 0.2) is 5.16 Å². The molecule has 1 aliphatic rings. The van der Waals surface area contributed by atoms with Crippen LogP contribution in [0.5, 0.6) is 0 Å². The van der Waals surface area contributed by atoms with E-state index in [9.17, 15) is 20.1 Å². The van der Waals surface area contributed by atoms with Gasteiger partial charge >= 0.3 is 5.97 Å². The Kier molecular flexibility index (Phi) is 5.58. The minimum Gasteiger partial charge on any atom is -0.481 e. The average Bonchev–Trinajstić information content (AvgIpc) is 3.15. The highest BCUT2D eigenvalue weighted by atomic mass is 32.2. The van der Waals surface area contributed by atoms with Crippen LogP contribution in [-0.2, 0) is 4.79 Å². The topological polar surface area (TPSA) is 146 Å². The van der Waals surface area contributed by atoms with E-state index in [4.69, 9.17) is 0 Å². The number of thioether (sulfide) groups is 1. The summed E-state index contributed by atoms with van der Waals surface area (Å²) < 4.78 is 1.41. The first-order valence-electron chi connectivity index (χ1n) is 8.56. The second-order valence-corrected chi connectivity index (χ2v) is 7.23. The number of anilines is 1. The Hall–Kier alpha value is -1.98. The fraction of sp³-hybridized carbons (Fsp3) is 0.667. The molecule has 0 bridgehead atoms. The van der Waals surface area contributed by atoms with E-state index < -0.39 is 30.1 Å². The highest BCUT2D eigenvalue weighted by Crippen LogP contribution is 2.37. The van der Waals surface area contributed by atoms with Crippen LogP contribution in [0.2, 0.25) is 0 Å². The van der Waals surface area contributed by atoms with Gasteiger partial charge in [0.25, 0.3) is 0 Å². The number of hydrogen-bond donors (Lipinski definition) is 4. The second kappa shape index (κ2) is 7.72. The molecule has 11 heteroatoms. The Morgan fingerprint density at radius 2 is 2.08 bits per heavy atom. The summed E-state index contributed by atoms with van der Waals surface area (Å²) in [6.07, 6.45) is -1.60. The van der Waals surface area contributed by atoms with Crippen molar-refractivity contribution in [2.75, 3.05) is 17.6 Å². The summed E-state index contributed by atoms with van der Waals surface area (Å²) in [4.78, 5) is 20.3. The van der Waals surface area contributed by atoms with Gasteiger partial charge in [0.15, 0.2) is 22.1 Å². The minimum atomic E-state index is -1.36. The molecule has 3 rings (SSSR count). The predicted octanol–water partition coefficient (Wildman–Crippen LogP) is 0.523. The van der Waals surface area contributed by atoms with Crippen LogP contribution in [0, 0.1) is 5.92 Å². The lowest BCUT2D eigenvalue weighted by Gasteiger charge is -2.16. The van der Waals surface area contributed by atoms with Crippen LogP contribution in [0.25, 0.3) is 11.2 Å². The van der Waals surface area contributed by atoms with Crippen molar-refractivity contribution in [2.24, 2.45) is 5.92 Å². The maximum absolute atomic E-state index is 11.3. The summed E-state index contributed by atoms with van der Waals surface area (Å²) >= 11 is 1.50. The van der Waals surface area contributed by atoms with Crippen LogP contribution in [0.4, 0.5) is 5.82 Å². The molecule has 0 unspecified atom stereocenters. The summed E-state index contributed by atoms with van der Waals surface area (Å²) in [5, 5.41) is 41.5. The van der Waals surface area contributed by atoms with E-state index in [1.165, 1.54) is 16.4 Å². The molecular formula is C15H22N6O4S. The molecule has 2 aromatic heterocycles. The van der Waals surface area contributed by atoms with E-state index in [1.54, 1.807) is 0 Å². The largest absolute Gasteiger partial charge is 0.481 e. The molecule has 2 aromatic rings. The first-order valence-corrected chi connectivity index (χ1v) is 9.55. The van der Waals surface area contributed by atoms with Crippen molar-refractivity contribution in [3.05, 3.63) is 0 Å². The van der Waals surface area contributed by atoms with Gasteiger partial charge in [0.05, 0.1) is 18.1 Å². The number of carboxylic acid groups (broad SMARTS) is 1. The fourth-order valence-corrected chi connectivity index (χ4v) is 3.77. The van der Waals surface area contributed by atoms with Gasteiger partial charge in [-0.15, -0.1) is 5.10 Å². The Bertz CT molecular complexity index is 800. The van der Waals surface area contributed by atoms with Crippen molar-refractivity contribution in [3.8, 4) is 0 Å². The predicted molar refractivity (Wildman–Crippen MR) is 95.1 cm³/mol. The number of carbonyl (C=O) groups is 1. The molecule has 1 saturated carbocycles. The lowest BCUT2D eigenvalue weighted by molar-refractivity contribution is -0.145. The third kappa shape index (κ3) is 3.33.